The van der Waals surface area contributed by atoms with Crippen LogP contribution in [0.1, 0.15) is 11.1 Å². The second-order valence-electron chi connectivity index (χ2n) is 8.82. The monoisotopic (exact) mass is 549 g/mol. The van der Waals surface area contributed by atoms with Crippen LogP contribution in [-0.4, -0.2) is 35.6 Å². The summed E-state index contributed by atoms with van der Waals surface area (Å²) in [6, 6.07) is 33.7. The molecule has 7 nitrogen and oxygen atoms in total. The van der Waals surface area contributed by atoms with E-state index in [0.717, 1.165) is 17.0 Å². The molecule has 0 radical (unpaired) electrons. The van der Waals surface area contributed by atoms with Crippen molar-refractivity contribution in [3.63, 3.8) is 0 Å². The number of amidine groups is 1. The summed E-state index contributed by atoms with van der Waals surface area (Å²) < 4.78 is 11.1. The van der Waals surface area contributed by atoms with Crippen molar-refractivity contribution in [2.45, 2.75) is 6.54 Å². The van der Waals surface area contributed by atoms with Crippen molar-refractivity contribution in [3.05, 3.63) is 125 Å². The van der Waals surface area contributed by atoms with Gasteiger partial charge in [0.1, 0.15) is 11.5 Å². The van der Waals surface area contributed by atoms with Gasteiger partial charge < -0.3 is 14.8 Å². The second kappa shape index (κ2) is 12.8. The average Bonchev–Trinajstić information content (AvgIpc) is 3.27. The number of methoxy groups -OCH3 is 1. The first-order chi connectivity index (χ1) is 19.6. The molecule has 0 spiro atoms. The first-order valence-electron chi connectivity index (χ1n) is 12.6. The summed E-state index contributed by atoms with van der Waals surface area (Å²) in [7, 11) is 1.62. The Morgan fingerprint density at radius 1 is 0.900 bits per heavy atom. The van der Waals surface area contributed by atoms with Gasteiger partial charge in [-0.05, 0) is 65.9 Å². The minimum Gasteiger partial charge on any atom is -0.497 e. The molecule has 8 heteroatoms. The zero-order valence-electron chi connectivity index (χ0n) is 21.8. The zero-order valence-corrected chi connectivity index (χ0v) is 22.6. The molecule has 0 aliphatic carbocycles. The number of hydrogen-bond acceptors (Lipinski definition) is 6. The Hall–Kier alpha value is -4.82. The fraction of sp³-hybridized carbons (Fsp3) is 0.0938. The largest absolute Gasteiger partial charge is 0.497 e. The third kappa shape index (κ3) is 6.78. The number of benzene rings is 4. The lowest BCUT2D eigenvalue weighted by Gasteiger charge is -2.16. The Kier molecular flexibility index (Phi) is 8.58. The molecule has 40 heavy (non-hydrogen) atoms. The second-order valence-corrected chi connectivity index (χ2v) is 9.83. The molecule has 0 aromatic heterocycles. The molecule has 4 aromatic carbocycles. The van der Waals surface area contributed by atoms with E-state index < -0.39 is 0 Å². The fourth-order valence-corrected chi connectivity index (χ4v) is 4.98. The lowest BCUT2D eigenvalue weighted by Crippen LogP contribution is -2.28. The van der Waals surface area contributed by atoms with Gasteiger partial charge in [-0.1, -0.05) is 66.7 Å². The minimum atomic E-state index is -0.275. The predicted octanol–water partition coefficient (Wildman–Crippen LogP) is 6.52. The van der Waals surface area contributed by atoms with Crippen LogP contribution in [0.2, 0.25) is 0 Å². The standard InChI is InChI=1S/C32H27N3O4S/c1-38-27-18-16-23(17-19-27)21-35-31(37)29(40-32(35)34-26-13-6-3-7-14-26)20-24-10-8-9-15-28(24)39-22-30(36)33-25-11-4-2-5-12-25/h2-20H,21-22H2,1H3,(H,33,36)/b29-20-,34-32?. The molecule has 4 aromatic rings. The highest BCUT2D eigenvalue weighted by Gasteiger charge is 2.33. The zero-order chi connectivity index (χ0) is 27.7. The van der Waals surface area contributed by atoms with E-state index in [2.05, 4.69) is 5.32 Å². The van der Waals surface area contributed by atoms with Crippen molar-refractivity contribution in [2.75, 3.05) is 19.0 Å². The molecule has 0 unspecified atom stereocenters. The predicted molar refractivity (Wildman–Crippen MR) is 160 cm³/mol. The number of nitrogens with one attached hydrogen (secondary N) is 1. The van der Waals surface area contributed by atoms with Crippen LogP contribution in [0.4, 0.5) is 11.4 Å². The minimum absolute atomic E-state index is 0.160. The lowest BCUT2D eigenvalue weighted by molar-refractivity contribution is -0.122. The van der Waals surface area contributed by atoms with Gasteiger partial charge in [-0.25, -0.2) is 4.99 Å². The van der Waals surface area contributed by atoms with Gasteiger partial charge in [0.2, 0.25) is 0 Å². The maximum atomic E-state index is 13.6. The van der Waals surface area contributed by atoms with Crippen LogP contribution in [-0.2, 0) is 16.1 Å². The van der Waals surface area contributed by atoms with E-state index in [0.29, 0.717) is 33.6 Å². The number of hydrogen-bond donors (Lipinski definition) is 1. The number of carbonyl (C=O) groups is 2. The molecule has 1 N–H and O–H groups in total. The van der Waals surface area contributed by atoms with Crippen LogP contribution in [0.5, 0.6) is 11.5 Å². The summed E-state index contributed by atoms with van der Waals surface area (Å²) in [5.74, 6) is 0.815. The van der Waals surface area contributed by atoms with Crippen molar-refractivity contribution in [1.29, 1.82) is 0 Å². The van der Waals surface area contributed by atoms with Crippen LogP contribution in [0.25, 0.3) is 6.08 Å². The summed E-state index contributed by atoms with van der Waals surface area (Å²) >= 11 is 1.31. The van der Waals surface area contributed by atoms with E-state index in [1.54, 1.807) is 24.2 Å². The quantitative estimate of drug-likeness (QED) is 0.241. The Bertz CT molecular complexity index is 1540. The van der Waals surface area contributed by atoms with E-state index in [1.165, 1.54) is 11.8 Å². The molecule has 1 aliphatic rings. The highest BCUT2D eigenvalue weighted by atomic mass is 32.2. The third-order valence-corrected chi connectivity index (χ3v) is 7.00. The number of anilines is 1. The smallest absolute Gasteiger partial charge is 0.267 e. The lowest BCUT2D eigenvalue weighted by atomic mass is 10.1. The van der Waals surface area contributed by atoms with Crippen molar-refractivity contribution >= 4 is 46.2 Å². The summed E-state index contributed by atoms with van der Waals surface area (Å²) in [5, 5.41) is 3.39. The molecular weight excluding hydrogens is 522 g/mol. The van der Waals surface area contributed by atoms with Gasteiger partial charge >= 0.3 is 0 Å². The molecule has 5 rings (SSSR count). The Labute approximate surface area is 237 Å². The molecule has 0 bridgehead atoms. The normalized spacial score (nSPS) is 14.9. The molecule has 1 fully saturated rings. The highest BCUT2D eigenvalue weighted by Crippen LogP contribution is 2.36. The van der Waals surface area contributed by atoms with Crippen molar-refractivity contribution in [3.8, 4) is 11.5 Å². The number of rotatable bonds is 9. The fourth-order valence-electron chi connectivity index (χ4n) is 3.99. The van der Waals surface area contributed by atoms with Crippen LogP contribution >= 0.6 is 11.8 Å². The van der Waals surface area contributed by atoms with Crippen molar-refractivity contribution in [1.82, 2.24) is 4.90 Å². The maximum Gasteiger partial charge on any atom is 0.267 e. The Morgan fingerprint density at radius 3 is 2.30 bits per heavy atom. The molecule has 200 valence electrons. The van der Waals surface area contributed by atoms with E-state index in [4.69, 9.17) is 14.5 Å². The summed E-state index contributed by atoms with van der Waals surface area (Å²) in [4.78, 5) is 33.0. The number of carbonyl (C=O) groups excluding carboxylic acids is 2. The average molecular weight is 550 g/mol. The molecule has 1 saturated heterocycles. The number of para-hydroxylation sites is 3. The number of amides is 2. The summed E-state index contributed by atoms with van der Waals surface area (Å²) in [6.45, 7) is 0.192. The van der Waals surface area contributed by atoms with Crippen LogP contribution in [0.3, 0.4) is 0 Å². The molecule has 1 aliphatic heterocycles. The van der Waals surface area contributed by atoms with Crippen LogP contribution in [0, 0.1) is 0 Å². The van der Waals surface area contributed by atoms with Crippen molar-refractivity contribution < 1.29 is 19.1 Å². The molecule has 1 heterocycles. The van der Waals surface area contributed by atoms with Crippen LogP contribution in [0.15, 0.2) is 119 Å². The first-order valence-corrected chi connectivity index (χ1v) is 13.5. The van der Waals surface area contributed by atoms with Crippen LogP contribution < -0.4 is 14.8 Å². The molecular formula is C32H27N3O4S. The van der Waals surface area contributed by atoms with E-state index in [1.807, 2.05) is 103 Å². The topological polar surface area (TPSA) is 80.2 Å². The summed E-state index contributed by atoms with van der Waals surface area (Å²) in [6.07, 6.45) is 1.78. The molecule has 0 atom stereocenters. The van der Waals surface area contributed by atoms with Gasteiger partial charge in [0, 0.05) is 11.3 Å². The van der Waals surface area contributed by atoms with Gasteiger partial charge in [0.15, 0.2) is 11.8 Å². The van der Waals surface area contributed by atoms with Gasteiger partial charge in [-0.3, -0.25) is 14.5 Å². The van der Waals surface area contributed by atoms with Gasteiger partial charge in [0.05, 0.1) is 24.2 Å². The van der Waals surface area contributed by atoms with Gasteiger partial charge in [-0.15, -0.1) is 0 Å². The Morgan fingerprint density at radius 2 is 1.57 bits per heavy atom. The number of thioether (sulfide) groups is 1. The summed E-state index contributed by atoms with van der Waals surface area (Å²) in [5.41, 5.74) is 3.09. The third-order valence-electron chi connectivity index (χ3n) is 5.99. The number of nitrogens with zero attached hydrogens (tertiary/aromatic N) is 2. The van der Waals surface area contributed by atoms with Gasteiger partial charge in [-0.2, -0.15) is 0 Å². The van der Waals surface area contributed by atoms with E-state index in [9.17, 15) is 9.59 Å². The van der Waals surface area contributed by atoms with E-state index >= 15 is 0 Å². The number of ether oxygens (including phenoxy) is 2. The van der Waals surface area contributed by atoms with Crippen molar-refractivity contribution in [2.24, 2.45) is 4.99 Å². The Balaban J connectivity index is 1.37. The maximum absolute atomic E-state index is 13.6. The number of aliphatic imine (C=N–C) groups is 1. The van der Waals surface area contributed by atoms with Gasteiger partial charge in [0.25, 0.3) is 11.8 Å². The first kappa shape index (κ1) is 26.8. The SMILES string of the molecule is COc1ccc(CN2C(=O)/C(=C/c3ccccc3OCC(=O)Nc3ccccc3)SC2=Nc2ccccc2)cc1. The molecule has 0 saturated carbocycles. The molecule has 2 amide bonds. The van der Waals surface area contributed by atoms with E-state index in [-0.39, 0.29) is 18.4 Å². The highest BCUT2D eigenvalue weighted by molar-refractivity contribution is 8.18.